The third kappa shape index (κ3) is 3.08. The van der Waals surface area contributed by atoms with Crippen LogP contribution in [0.25, 0.3) is 11.0 Å². The number of carbonyl (C=O) groups excluding carboxylic acids is 2. The monoisotopic (exact) mass is 554 g/mol. The Labute approximate surface area is 238 Å². The Hall–Kier alpha value is -5.64. The average molecular weight is 555 g/mol. The summed E-state index contributed by atoms with van der Waals surface area (Å²) in [4.78, 5) is 48.9. The van der Waals surface area contributed by atoms with Gasteiger partial charge in [0.05, 0.1) is 33.2 Å². The predicted octanol–water partition coefficient (Wildman–Crippen LogP) is 5.12. The van der Waals surface area contributed by atoms with Gasteiger partial charge >= 0.3 is 0 Å². The van der Waals surface area contributed by atoms with Gasteiger partial charge in [0.1, 0.15) is 5.69 Å². The highest BCUT2D eigenvalue weighted by Gasteiger charge is 2.68. The first-order chi connectivity index (χ1) is 20.5. The number of carbonyl (C=O) groups is 2. The molecule has 0 saturated carbocycles. The molecule has 4 aliphatic rings. The Morgan fingerprint density at radius 2 is 1.52 bits per heavy atom. The van der Waals surface area contributed by atoms with Crippen LogP contribution in [0.15, 0.2) is 102 Å². The number of nitrogens with zero attached hydrogens (tertiary/aromatic N) is 4. The van der Waals surface area contributed by atoms with Gasteiger partial charge in [0, 0.05) is 18.2 Å². The van der Waals surface area contributed by atoms with Crippen LogP contribution in [0.1, 0.15) is 28.2 Å². The third-order valence-electron chi connectivity index (χ3n) is 8.83. The Balaban J connectivity index is 1.33. The largest absolute Gasteiger partial charge is 0.323 e. The molecule has 2 bridgehead atoms. The van der Waals surface area contributed by atoms with Gasteiger partial charge in [0.25, 0.3) is 5.69 Å². The molecule has 2 atom stereocenters. The Morgan fingerprint density at radius 1 is 0.881 bits per heavy atom. The molecule has 9 rings (SSSR count). The first-order valence-corrected chi connectivity index (χ1v) is 13.6. The van der Waals surface area contributed by atoms with Crippen molar-refractivity contribution in [3.8, 4) is 0 Å². The summed E-state index contributed by atoms with van der Waals surface area (Å²) in [6.07, 6.45) is 1.71. The highest BCUT2D eigenvalue weighted by atomic mass is 16.6. The van der Waals surface area contributed by atoms with Crippen LogP contribution in [-0.4, -0.2) is 32.9 Å². The third-order valence-corrected chi connectivity index (χ3v) is 8.83. The second-order valence-corrected chi connectivity index (χ2v) is 10.8. The van der Waals surface area contributed by atoms with E-state index in [1.807, 2.05) is 72.8 Å². The molecule has 1 aliphatic heterocycles. The van der Waals surface area contributed by atoms with Crippen LogP contribution in [0, 0.1) is 22.0 Å². The number of aromatic nitrogens is 2. The van der Waals surface area contributed by atoms with Crippen molar-refractivity contribution in [2.75, 3.05) is 10.3 Å². The molecular weight excluding hydrogens is 532 g/mol. The lowest BCUT2D eigenvalue weighted by atomic mass is 9.47. The van der Waals surface area contributed by atoms with Crippen LogP contribution in [0.3, 0.4) is 0 Å². The molecule has 2 heterocycles. The number of fused-ring (bicyclic) bond motifs is 1. The summed E-state index contributed by atoms with van der Waals surface area (Å²) in [6.45, 7) is 0. The summed E-state index contributed by atoms with van der Waals surface area (Å²) in [6, 6.07) is 29.1. The number of nitro groups is 1. The van der Waals surface area contributed by atoms with Gasteiger partial charge < -0.3 is 4.98 Å². The molecule has 1 aromatic heterocycles. The molecule has 0 radical (unpaired) electrons. The lowest BCUT2D eigenvalue weighted by Gasteiger charge is -2.52. The highest BCUT2D eigenvalue weighted by molar-refractivity contribution is 6.25. The van der Waals surface area contributed by atoms with Crippen molar-refractivity contribution in [2.24, 2.45) is 16.9 Å². The van der Waals surface area contributed by atoms with Crippen molar-refractivity contribution in [3.05, 3.63) is 129 Å². The SMILES string of the molecule is O=C1[C@@H]2C3c4ccccc4C(/C=N\Nc4nc5ccccc5[nH]4)(c4ccccc43)[C@H]2C(=O)N1c1ccccc1[N+](=O)[O-]. The van der Waals surface area contributed by atoms with Gasteiger partial charge in [0.15, 0.2) is 0 Å². The van der Waals surface area contributed by atoms with E-state index in [0.29, 0.717) is 5.95 Å². The smallest absolute Gasteiger partial charge is 0.293 e. The molecule has 5 aromatic rings. The Morgan fingerprint density at radius 3 is 2.24 bits per heavy atom. The van der Waals surface area contributed by atoms with E-state index in [9.17, 15) is 19.7 Å². The lowest BCUT2D eigenvalue weighted by molar-refractivity contribution is -0.384. The van der Waals surface area contributed by atoms with Crippen molar-refractivity contribution in [3.63, 3.8) is 0 Å². The maximum atomic E-state index is 14.5. The van der Waals surface area contributed by atoms with E-state index in [0.717, 1.165) is 38.2 Å². The number of imide groups is 1. The number of nitro benzene ring substituents is 1. The second kappa shape index (κ2) is 8.68. The molecule has 0 unspecified atom stereocenters. The Kier molecular flexibility index (Phi) is 5.00. The number of hydrogen-bond donors (Lipinski definition) is 2. The van der Waals surface area contributed by atoms with Crippen molar-refractivity contribution in [1.29, 1.82) is 0 Å². The lowest BCUT2D eigenvalue weighted by Crippen LogP contribution is -2.54. The molecule has 1 fully saturated rings. The number of hydrazone groups is 1. The summed E-state index contributed by atoms with van der Waals surface area (Å²) in [7, 11) is 0. The summed E-state index contributed by atoms with van der Waals surface area (Å²) in [5.41, 5.74) is 6.84. The summed E-state index contributed by atoms with van der Waals surface area (Å²) in [5, 5.41) is 16.6. The van der Waals surface area contributed by atoms with Gasteiger partial charge in [-0.3, -0.25) is 19.7 Å². The normalized spacial score (nSPS) is 23.7. The minimum Gasteiger partial charge on any atom is -0.323 e. The predicted molar refractivity (Wildman–Crippen MR) is 156 cm³/mol. The minimum absolute atomic E-state index is 0.0214. The van der Waals surface area contributed by atoms with Gasteiger partial charge in [-0.05, 0) is 40.5 Å². The quantitative estimate of drug-likeness (QED) is 0.134. The number of anilines is 2. The fraction of sp³-hybridized carbons (Fsp3) is 0.125. The number of para-hydroxylation sites is 4. The molecule has 204 valence electrons. The Bertz CT molecular complexity index is 1920. The van der Waals surface area contributed by atoms with Crippen LogP contribution in [-0.2, 0) is 15.0 Å². The average Bonchev–Trinajstić information content (AvgIpc) is 3.55. The fourth-order valence-electron chi connectivity index (χ4n) is 7.30. The zero-order chi connectivity index (χ0) is 28.6. The summed E-state index contributed by atoms with van der Waals surface area (Å²) >= 11 is 0. The van der Waals surface area contributed by atoms with Crippen molar-refractivity contribution in [1.82, 2.24) is 9.97 Å². The molecule has 10 nitrogen and oxygen atoms in total. The molecule has 2 amide bonds. The van der Waals surface area contributed by atoms with E-state index in [1.165, 1.54) is 18.2 Å². The van der Waals surface area contributed by atoms with Crippen LogP contribution in [0.5, 0.6) is 0 Å². The van der Waals surface area contributed by atoms with Gasteiger partial charge in [-0.2, -0.15) is 5.10 Å². The van der Waals surface area contributed by atoms with Gasteiger partial charge in [0.2, 0.25) is 17.8 Å². The molecular formula is C32H22N6O4. The molecule has 0 spiro atoms. The summed E-state index contributed by atoms with van der Waals surface area (Å²) < 4.78 is 0. The number of imidazole rings is 1. The molecule has 42 heavy (non-hydrogen) atoms. The van der Waals surface area contributed by atoms with E-state index in [1.54, 1.807) is 12.3 Å². The number of aromatic amines is 1. The van der Waals surface area contributed by atoms with Crippen LogP contribution in [0.2, 0.25) is 0 Å². The van der Waals surface area contributed by atoms with E-state index < -0.39 is 34.0 Å². The van der Waals surface area contributed by atoms with Gasteiger partial charge in [-0.25, -0.2) is 15.3 Å². The number of amides is 2. The van der Waals surface area contributed by atoms with Gasteiger partial charge in [-0.15, -0.1) is 0 Å². The first-order valence-electron chi connectivity index (χ1n) is 13.6. The zero-order valence-corrected chi connectivity index (χ0v) is 22.0. The standard InChI is InChI=1S/C32H22N6O4/c39-29-27-26-18-9-1-3-11-20(18)32(21-12-4-2-10-19(21)26,17-33-36-31-34-22-13-5-6-14-23(22)35-31)28(27)30(40)37(29)24-15-7-8-16-25(24)38(41)42/h1-17,26-28H,(H2,34,35,36)/b33-17-/t26?,27-,28-,32?/m1/s1. The van der Waals surface area contributed by atoms with E-state index in [4.69, 9.17) is 0 Å². The van der Waals surface area contributed by atoms with Crippen LogP contribution in [0.4, 0.5) is 17.3 Å². The molecule has 1 saturated heterocycles. The maximum absolute atomic E-state index is 14.5. The highest BCUT2D eigenvalue weighted by Crippen LogP contribution is 2.64. The van der Waals surface area contributed by atoms with E-state index in [-0.39, 0.29) is 17.3 Å². The molecule has 10 heteroatoms. The second-order valence-electron chi connectivity index (χ2n) is 10.8. The number of H-pyrrole nitrogens is 1. The number of nitrogens with one attached hydrogen (secondary N) is 2. The minimum atomic E-state index is -1.11. The topological polar surface area (TPSA) is 134 Å². The molecule has 3 aliphatic carbocycles. The van der Waals surface area contributed by atoms with Crippen LogP contribution >= 0.6 is 0 Å². The fourth-order valence-corrected chi connectivity index (χ4v) is 7.30. The number of benzene rings is 4. The first kappa shape index (κ1) is 24.2. The number of hydrogen-bond acceptors (Lipinski definition) is 7. The molecule has 4 aromatic carbocycles. The van der Waals surface area contributed by atoms with Gasteiger partial charge in [-0.1, -0.05) is 72.8 Å². The van der Waals surface area contributed by atoms with E-state index >= 15 is 0 Å². The molecule has 2 N–H and O–H groups in total. The van der Waals surface area contributed by atoms with Crippen molar-refractivity contribution >= 4 is 46.4 Å². The van der Waals surface area contributed by atoms with Crippen molar-refractivity contribution in [2.45, 2.75) is 11.3 Å². The van der Waals surface area contributed by atoms with E-state index in [2.05, 4.69) is 20.5 Å². The van der Waals surface area contributed by atoms with Crippen LogP contribution < -0.4 is 10.3 Å². The number of rotatable bonds is 5. The zero-order valence-electron chi connectivity index (χ0n) is 22.0. The van der Waals surface area contributed by atoms with Crippen molar-refractivity contribution < 1.29 is 14.5 Å². The maximum Gasteiger partial charge on any atom is 0.293 e. The summed E-state index contributed by atoms with van der Waals surface area (Å²) in [5.74, 6) is -2.51.